The van der Waals surface area contributed by atoms with Gasteiger partial charge in [-0.2, -0.15) is 4.98 Å². The maximum atomic E-state index is 13.6. The van der Waals surface area contributed by atoms with Crippen LogP contribution in [0.1, 0.15) is 18.5 Å². The summed E-state index contributed by atoms with van der Waals surface area (Å²) in [7, 11) is 3.13. The Morgan fingerprint density at radius 2 is 1.89 bits per heavy atom. The van der Waals surface area contributed by atoms with Gasteiger partial charge in [0.15, 0.2) is 17.3 Å². The zero-order valence-electron chi connectivity index (χ0n) is 20.1. The summed E-state index contributed by atoms with van der Waals surface area (Å²) in [5.74, 6) is 1.69. The van der Waals surface area contributed by atoms with Gasteiger partial charge in [0.05, 0.1) is 31.7 Å². The third kappa shape index (κ3) is 4.71. The number of fused-ring (bicyclic) bond motifs is 1. The molecule has 37 heavy (non-hydrogen) atoms. The van der Waals surface area contributed by atoms with Crippen LogP contribution in [0.25, 0.3) is 11.4 Å². The summed E-state index contributed by atoms with van der Waals surface area (Å²) in [6.45, 7) is 1.81. The highest BCUT2D eigenvalue weighted by Gasteiger charge is 2.35. The molecule has 0 spiro atoms. The molecule has 1 atom stereocenters. The van der Waals surface area contributed by atoms with Crippen molar-refractivity contribution in [2.45, 2.75) is 13.0 Å². The van der Waals surface area contributed by atoms with Crippen molar-refractivity contribution in [3.63, 3.8) is 0 Å². The monoisotopic (exact) mass is 536 g/mol. The van der Waals surface area contributed by atoms with Crippen molar-refractivity contribution in [1.82, 2.24) is 19.7 Å². The summed E-state index contributed by atoms with van der Waals surface area (Å²) in [5.41, 5.74) is 2.94. The van der Waals surface area contributed by atoms with Gasteiger partial charge in [0.1, 0.15) is 6.04 Å². The van der Waals surface area contributed by atoms with E-state index in [-0.39, 0.29) is 5.91 Å². The molecule has 1 aliphatic rings. The number of amides is 1. The highest BCUT2D eigenvalue weighted by molar-refractivity contribution is 6.35. The number of rotatable bonds is 6. The molecular formula is C26H22Cl2N6O3. The number of pyridine rings is 1. The molecule has 1 amide bonds. The van der Waals surface area contributed by atoms with Crippen LogP contribution in [0.5, 0.6) is 11.5 Å². The number of carbonyl (C=O) groups is 1. The summed E-state index contributed by atoms with van der Waals surface area (Å²) < 4.78 is 12.4. The zero-order valence-corrected chi connectivity index (χ0v) is 21.6. The van der Waals surface area contributed by atoms with E-state index in [2.05, 4.69) is 15.6 Å². The molecule has 2 aromatic carbocycles. The zero-order chi connectivity index (χ0) is 26.1. The van der Waals surface area contributed by atoms with E-state index >= 15 is 0 Å². The molecule has 0 fully saturated rings. The lowest BCUT2D eigenvalue weighted by molar-refractivity contribution is -0.113. The predicted octanol–water partition coefficient (Wildman–Crippen LogP) is 5.59. The molecule has 2 N–H and O–H groups in total. The van der Waals surface area contributed by atoms with Crippen LogP contribution < -0.4 is 20.1 Å². The van der Waals surface area contributed by atoms with Crippen molar-refractivity contribution in [3.8, 4) is 22.9 Å². The molecular weight excluding hydrogens is 515 g/mol. The van der Waals surface area contributed by atoms with Gasteiger partial charge < -0.3 is 20.1 Å². The minimum Gasteiger partial charge on any atom is -0.493 e. The number of halogens is 2. The third-order valence-corrected chi connectivity index (χ3v) is 6.48. The molecule has 0 bridgehead atoms. The van der Waals surface area contributed by atoms with Gasteiger partial charge >= 0.3 is 0 Å². The lowest BCUT2D eigenvalue weighted by Gasteiger charge is -2.29. The van der Waals surface area contributed by atoms with Gasteiger partial charge in [-0.25, -0.2) is 4.68 Å². The fraction of sp³-hybridized carbons (Fsp3) is 0.154. The molecule has 0 radical (unpaired) electrons. The van der Waals surface area contributed by atoms with E-state index in [9.17, 15) is 4.79 Å². The van der Waals surface area contributed by atoms with Crippen LogP contribution in [0.4, 0.5) is 11.6 Å². The van der Waals surface area contributed by atoms with Gasteiger partial charge in [-0.3, -0.25) is 9.78 Å². The Kier molecular flexibility index (Phi) is 6.73. The van der Waals surface area contributed by atoms with Crippen LogP contribution in [0.2, 0.25) is 10.0 Å². The van der Waals surface area contributed by atoms with Crippen molar-refractivity contribution < 1.29 is 14.3 Å². The van der Waals surface area contributed by atoms with Gasteiger partial charge in [-0.15, -0.1) is 5.10 Å². The van der Waals surface area contributed by atoms with E-state index in [0.29, 0.717) is 61.4 Å². The first-order chi connectivity index (χ1) is 17.9. The summed E-state index contributed by atoms with van der Waals surface area (Å²) in [6, 6.07) is 13.4. The van der Waals surface area contributed by atoms with Gasteiger partial charge in [0, 0.05) is 33.1 Å². The normalized spacial score (nSPS) is 14.6. The smallest absolute Gasteiger partial charge is 0.255 e. The molecule has 0 saturated carbocycles. The molecule has 1 unspecified atom stereocenters. The predicted molar refractivity (Wildman–Crippen MR) is 142 cm³/mol. The lowest BCUT2D eigenvalue weighted by atomic mass is 9.95. The molecule has 1 aliphatic heterocycles. The van der Waals surface area contributed by atoms with Crippen molar-refractivity contribution in [2.24, 2.45) is 0 Å². The van der Waals surface area contributed by atoms with Crippen LogP contribution in [0.3, 0.4) is 0 Å². The van der Waals surface area contributed by atoms with E-state index in [1.807, 2.05) is 13.0 Å². The average Bonchev–Trinajstić information content (AvgIpc) is 3.32. The number of allylic oxidation sites excluding steroid dienone is 1. The standard InChI is InChI=1S/C26H22Cl2N6O3/c1-14-22(25(35)31-17-5-4-10-29-13-17)23(18-8-7-16(27)12-19(18)28)34-26(30-14)32-24(33-34)15-6-9-20(36-2)21(11-15)37-3/h4-13,23H,1-3H3,(H,31,35)(H,30,32,33). The van der Waals surface area contributed by atoms with Crippen LogP contribution in [-0.2, 0) is 4.79 Å². The number of nitrogens with zero attached hydrogens (tertiary/aromatic N) is 4. The summed E-state index contributed by atoms with van der Waals surface area (Å²) in [5, 5.41) is 11.8. The number of hydrogen-bond acceptors (Lipinski definition) is 7. The number of methoxy groups -OCH3 is 2. The van der Waals surface area contributed by atoms with Crippen molar-refractivity contribution in [1.29, 1.82) is 0 Å². The first-order valence-electron chi connectivity index (χ1n) is 11.2. The third-order valence-electron chi connectivity index (χ3n) is 5.92. The number of benzene rings is 2. The first kappa shape index (κ1) is 24.6. The molecule has 4 aromatic rings. The van der Waals surface area contributed by atoms with Gasteiger partial charge in [-0.05, 0) is 49.4 Å². The molecule has 3 heterocycles. The average molecular weight is 537 g/mol. The quantitative estimate of drug-likeness (QED) is 0.331. The summed E-state index contributed by atoms with van der Waals surface area (Å²) in [4.78, 5) is 22.4. The SMILES string of the molecule is COc1ccc(-c2nc3n(n2)C(c2ccc(Cl)cc2Cl)C(C(=O)Nc2cccnc2)=C(C)N3)cc1OC. The summed E-state index contributed by atoms with van der Waals surface area (Å²) in [6.07, 6.45) is 3.21. The van der Waals surface area contributed by atoms with Crippen LogP contribution in [-0.4, -0.2) is 39.9 Å². The Morgan fingerprint density at radius 3 is 2.59 bits per heavy atom. The van der Waals surface area contributed by atoms with Crippen molar-refractivity contribution in [3.05, 3.63) is 87.8 Å². The Hall–Kier alpha value is -4.08. The second kappa shape index (κ2) is 10.1. The van der Waals surface area contributed by atoms with Crippen molar-refractivity contribution >= 4 is 40.7 Å². The first-order valence-corrected chi connectivity index (χ1v) is 12.0. The number of aromatic nitrogens is 4. The summed E-state index contributed by atoms with van der Waals surface area (Å²) >= 11 is 12.8. The second-order valence-corrected chi connectivity index (χ2v) is 9.04. The molecule has 0 aliphatic carbocycles. The molecule has 11 heteroatoms. The van der Waals surface area contributed by atoms with E-state index in [1.54, 1.807) is 73.8 Å². The maximum absolute atomic E-state index is 13.6. The van der Waals surface area contributed by atoms with Crippen LogP contribution >= 0.6 is 23.2 Å². The van der Waals surface area contributed by atoms with Crippen LogP contribution in [0.15, 0.2) is 72.2 Å². The minimum absolute atomic E-state index is 0.331. The molecule has 9 nitrogen and oxygen atoms in total. The Balaban J connectivity index is 1.62. The number of ether oxygens (including phenoxy) is 2. The Labute approximate surface area is 223 Å². The Bertz CT molecular complexity index is 1520. The fourth-order valence-electron chi connectivity index (χ4n) is 4.19. The highest BCUT2D eigenvalue weighted by atomic mass is 35.5. The molecule has 2 aromatic heterocycles. The number of nitrogens with one attached hydrogen (secondary N) is 2. The topological polar surface area (TPSA) is 103 Å². The van der Waals surface area contributed by atoms with Gasteiger partial charge in [-0.1, -0.05) is 29.3 Å². The molecule has 188 valence electrons. The largest absolute Gasteiger partial charge is 0.493 e. The van der Waals surface area contributed by atoms with E-state index < -0.39 is 6.04 Å². The lowest BCUT2D eigenvalue weighted by Crippen LogP contribution is -2.31. The number of carbonyl (C=O) groups excluding carboxylic acids is 1. The van der Waals surface area contributed by atoms with Gasteiger partial charge in [0.25, 0.3) is 5.91 Å². The number of anilines is 2. The second-order valence-electron chi connectivity index (χ2n) is 8.20. The van der Waals surface area contributed by atoms with Gasteiger partial charge in [0.2, 0.25) is 5.95 Å². The van der Waals surface area contributed by atoms with Crippen molar-refractivity contribution in [2.75, 3.05) is 24.9 Å². The fourth-order valence-corrected chi connectivity index (χ4v) is 4.70. The minimum atomic E-state index is -0.681. The van der Waals surface area contributed by atoms with Crippen LogP contribution in [0, 0.1) is 0 Å². The maximum Gasteiger partial charge on any atom is 0.255 e. The van der Waals surface area contributed by atoms with E-state index in [0.717, 1.165) is 0 Å². The molecule has 0 saturated heterocycles. The number of hydrogen-bond donors (Lipinski definition) is 2. The van der Waals surface area contributed by atoms with E-state index in [4.69, 9.17) is 42.8 Å². The highest BCUT2D eigenvalue weighted by Crippen LogP contribution is 2.40. The van der Waals surface area contributed by atoms with E-state index in [1.165, 1.54) is 0 Å². The molecule has 5 rings (SSSR count). The Morgan fingerprint density at radius 1 is 1.08 bits per heavy atom.